The Balaban J connectivity index is 1.27. The lowest BCUT2D eigenvalue weighted by Crippen LogP contribution is -2.35. The summed E-state index contributed by atoms with van der Waals surface area (Å²) in [4.78, 5) is 6.92. The first-order valence-electron chi connectivity index (χ1n) is 8.78. The van der Waals surface area contributed by atoms with Crippen LogP contribution in [0.3, 0.4) is 0 Å². The predicted octanol–water partition coefficient (Wildman–Crippen LogP) is 3.45. The molecule has 1 saturated heterocycles. The Kier molecular flexibility index (Phi) is 3.40. The molecule has 2 aliphatic rings. The highest BCUT2D eigenvalue weighted by molar-refractivity contribution is 6.30. The van der Waals surface area contributed by atoms with Gasteiger partial charge in [-0.25, -0.2) is 4.98 Å². The van der Waals surface area contributed by atoms with Gasteiger partial charge in [-0.3, -0.25) is 4.90 Å². The van der Waals surface area contributed by atoms with Gasteiger partial charge in [0.1, 0.15) is 5.65 Å². The zero-order chi connectivity index (χ0) is 17.0. The molecule has 7 heteroatoms. The van der Waals surface area contributed by atoms with Gasteiger partial charge in [0, 0.05) is 25.6 Å². The fraction of sp³-hybridized carbons (Fsp3) is 0.500. The standard InChI is InChI=1S/C18H20ClN5O/c1-12-21-22-17(25-12)13-10-18(13)5-8-23(9-6-18)11-14-16(19)20-15-4-2-3-7-24(14)15/h2-4,7,13H,5-6,8-11H2,1H3. The Hall–Kier alpha value is -1.92. The molecule has 0 bridgehead atoms. The van der Waals surface area contributed by atoms with E-state index in [9.17, 15) is 0 Å². The Morgan fingerprint density at radius 1 is 1.28 bits per heavy atom. The Bertz CT molecular complexity index is 925. The third kappa shape index (κ3) is 2.55. The molecule has 25 heavy (non-hydrogen) atoms. The molecule has 0 N–H and O–H groups in total. The minimum absolute atomic E-state index is 0.374. The van der Waals surface area contributed by atoms with Crippen molar-refractivity contribution in [1.82, 2.24) is 24.5 Å². The molecular weight excluding hydrogens is 338 g/mol. The molecule has 1 spiro atoms. The van der Waals surface area contributed by atoms with Crippen LogP contribution in [0.4, 0.5) is 0 Å². The average molecular weight is 358 g/mol. The number of pyridine rings is 1. The molecule has 4 heterocycles. The van der Waals surface area contributed by atoms with Crippen LogP contribution in [0.2, 0.25) is 5.15 Å². The summed E-state index contributed by atoms with van der Waals surface area (Å²) in [6, 6.07) is 5.99. The summed E-state index contributed by atoms with van der Waals surface area (Å²) in [5.74, 6) is 1.95. The van der Waals surface area contributed by atoms with Crippen molar-refractivity contribution in [2.45, 2.75) is 38.6 Å². The largest absolute Gasteiger partial charge is 0.425 e. The Labute approximate surface area is 150 Å². The first-order valence-corrected chi connectivity index (χ1v) is 9.16. The van der Waals surface area contributed by atoms with E-state index in [1.54, 1.807) is 0 Å². The molecule has 2 fully saturated rings. The summed E-state index contributed by atoms with van der Waals surface area (Å²) >= 11 is 6.37. The molecule has 3 aromatic heterocycles. The van der Waals surface area contributed by atoms with E-state index in [2.05, 4.69) is 24.5 Å². The number of imidazole rings is 1. The first kappa shape index (κ1) is 15.3. The van der Waals surface area contributed by atoms with E-state index in [0.29, 0.717) is 22.4 Å². The molecule has 0 amide bonds. The van der Waals surface area contributed by atoms with Crippen molar-refractivity contribution in [1.29, 1.82) is 0 Å². The maximum absolute atomic E-state index is 6.37. The van der Waals surface area contributed by atoms with Crippen LogP contribution < -0.4 is 0 Å². The van der Waals surface area contributed by atoms with E-state index >= 15 is 0 Å². The highest BCUT2D eigenvalue weighted by Gasteiger charge is 2.58. The maximum atomic E-state index is 6.37. The minimum Gasteiger partial charge on any atom is -0.425 e. The molecule has 1 aliphatic heterocycles. The second-order valence-corrected chi connectivity index (χ2v) is 7.69. The van der Waals surface area contributed by atoms with E-state index in [0.717, 1.165) is 36.9 Å². The zero-order valence-corrected chi connectivity index (χ0v) is 14.9. The van der Waals surface area contributed by atoms with E-state index in [1.807, 2.05) is 31.3 Å². The number of aromatic nitrogens is 4. The lowest BCUT2D eigenvalue weighted by atomic mass is 9.90. The van der Waals surface area contributed by atoms with Crippen molar-refractivity contribution in [3.63, 3.8) is 0 Å². The molecule has 1 atom stereocenters. The minimum atomic E-state index is 0.374. The van der Waals surface area contributed by atoms with Crippen molar-refractivity contribution in [2.75, 3.05) is 13.1 Å². The Morgan fingerprint density at radius 3 is 2.88 bits per heavy atom. The number of aryl methyl sites for hydroxylation is 1. The molecule has 6 nitrogen and oxygen atoms in total. The van der Waals surface area contributed by atoms with E-state index < -0.39 is 0 Å². The fourth-order valence-electron chi connectivity index (χ4n) is 4.23. The molecule has 1 aliphatic carbocycles. The summed E-state index contributed by atoms with van der Waals surface area (Å²) < 4.78 is 7.74. The van der Waals surface area contributed by atoms with Crippen molar-refractivity contribution < 1.29 is 4.42 Å². The third-order valence-electron chi connectivity index (χ3n) is 5.83. The van der Waals surface area contributed by atoms with Gasteiger partial charge in [0.05, 0.1) is 5.69 Å². The third-order valence-corrected chi connectivity index (χ3v) is 6.14. The number of halogens is 1. The summed E-state index contributed by atoms with van der Waals surface area (Å²) in [7, 11) is 0. The Morgan fingerprint density at radius 2 is 2.12 bits per heavy atom. The number of piperidine rings is 1. The molecule has 5 rings (SSSR count). The van der Waals surface area contributed by atoms with Crippen LogP contribution in [0.1, 0.15) is 42.7 Å². The van der Waals surface area contributed by atoms with Crippen molar-refractivity contribution in [3.05, 3.63) is 47.0 Å². The number of fused-ring (bicyclic) bond motifs is 1. The van der Waals surface area contributed by atoms with Crippen molar-refractivity contribution in [2.24, 2.45) is 5.41 Å². The van der Waals surface area contributed by atoms with Crippen LogP contribution in [0.15, 0.2) is 28.8 Å². The van der Waals surface area contributed by atoms with E-state index in [-0.39, 0.29) is 0 Å². The van der Waals surface area contributed by atoms with Gasteiger partial charge in [-0.15, -0.1) is 10.2 Å². The molecule has 1 unspecified atom stereocenters. The maximum Gasteiger partial charge on any atom is 0.220 e. The predicted molar refractivity (Wildman–Crippen MR) is 93.5 cm³/mol. The molecule has 0 radical (unpaired) electrons. The molecular formula is C18H20ClN5O. The highest BCUT2D eigenvalue weighted by Crippen LogP contribution is 2.64. The van der Waals surface area contributed by atoms with Gasteiger partial charge < -0.3 is 8.82 Å². The SMILES string of the molecule is Cc1nnc(C2CC23CCN(Cc2c(Cl)nc4ccccn24)CC3)o1. The molecule has 3 aromatic rings. The van der Waals surface area contributed by atoms with Crippen LogP contribution in [0.5, 0.6) is 0 Å². The fourth-order valence-corrected chi connectivity index (χ4v) is 4.47. The molecule has 1 saturated carbocycles. The van der Waals surface area contributed by atoms with Crippen LogP contribution in [0, 0.1) is 12.3 Å². The van der Waals surface area contributed by atoms with Crippen LogP contribution in [0.25, 0.3) is 5.65 Å². The van der Waals surface area contributed by atoms with E-state index in [4.69, 9.17) is 16.0 Å². The van der Waals surface area contributed by atoms with Gasteiger partial charge in [-0.2, -0.15) is 0 Å². The quantitative estimate of drug-likeness (QED) is 0.718. The van der Waals surface area contributed by atoms with Gasteiger partial charge in [0.15, 0.2) is 5.15 Å². The van der Waals surface area contributed by atoms with Gasteiger partial charge >= 0.3 is 0 Å². The second-order valence-electron chi connectivity index (χ2n) is 7.33. The average Bonchev–Trinajstić information content (AvgIpc) is 2.96. The van der Waals surface area contributed by atoms with Gasteiger partial charge in [-0.05, 0) is 49.9 Å². The van der Waals surface area contributed by atoms with Crippen LogP contribution in [-0.2, 0) is 6.54 Å². The number of rotatable bonds is 3. The van der Waals surface area contributed by atoms with Crippen LogP contribution >= 0.6 is 11.6 Å². The van der Waals surface area contributed by atoms with Crippen molar-refractivity contribution in [3.8, 4) is 0 Å². The van der Waals surface area contributed by atoms with Gasteiger partial charge in [0.2, 0.25) is 11.8 Å². The summed E-state index contributed by atoms with van der Waals surface area (Å²) in [5.41, 5.74) is 2.36. The molecule has 0 aromatic carbocycles. The van der Waals surface area contributed by atoms with Crippen molar-refractivity contribution >= 4 is 17.2 Å². The number of nitrogens with zero attached hydrogens (tertiary/aromatic N) is 5. The van der Waals surface area contributed by atoms with Gasteiger partial charge in [0.25, 0.3) is 0 Å². The summed E-state index contributed by atoms with van der Waals surface area (Å²) in [6.45, 7) is 4.83. The highest BCUT2D eigenvalue weighted by atomic mass is 35.5. The van der Waals surface area contributed by atoms with Crippen LogP contribution in [-0.4, -0.2) is 37.6 Å². The number of hydrogen-bond donors (Lipinski definition) is 0. The normalized spacial score (nSPS) is 22.7. The number of hydrogen-bond acceptors (Lipinski definition) is 5. The topological polar surface area (TPSA) is 59.5 Å². The molecule has 130 valence electrons. The lowest BCUT2D eigenvalue weighted by molar-refractivity contribution is 0.158. The number of likely N-dealkylation sites (tertiary alicyclic amines) is 1. The zero-order valence-electron chi connectivity index (χ0n) is 14.2. The smallest absolute Gasteiger partial charge is 0.220 e. The van der Waals surface area contributed by atoms with E-state index in [1.165, 1.54) is 19.3 Å². The first-order chi connectivity index (χ1) is 12.1. The lowest BCUT2D eigenvalue weighted by Gasteiger charge is -2.32. The summed E-state index contributed by atoms with van der Waals surface area (Å²) in [5, 5.41) is 8.81. The monoisotopic (exact) mass is 357 g/mol. The second kappa shape index (κ2) is 5.54. The summed E-state index contributed by atoms with van der Waals surface area (Å²) in [6.07, 6.45) is 5.56. The van der Waals surface area contributed by atoms with Gasteiger partial charge in [-0.1, -0.05) is 17.7 Å².